The van der Waals surface area contributed by atoms with E-state index in [2.05, 4.69) is 0 Å². The minimum absolute atomic E-state index is 0.0565. The number of hydrogen-bond acceptors (Lipinski definition) is 1. The largest absolute Gasteiger partial charge is 0.327 e. The third-order valence-corrected chi connectivity index (χ3v) is 3.52. The maximum Gasteiger partial charge on any atom is 0.129 e. The Hall–Kier alpha value is -0.960. The third kappa shape index (κ3) is 1.55. The van der Waals surface area contributed by atoms with E-state index in [1.807, 2.05) is 6.92 Å². The van der Waals surface area contributed by atoms with Crippen molar-refractivity contribution in [1.82, 2.24) is 0 Å². The molecule has 2 rings (SSSR count). The van der Waals surface area contributed by atoms with Gasteiger partial charge in [-0.3, -0.25) is 0 Å². The van der Waals surface area contributed by atoms with Crippen molar-refractivity contribution < 1.29 is 8.78 Å². The fraction of sp³-hybridized carbons (Fsp3) is 0.500. The summed E-state index contributed by atoms with van der Waals surface area (Å²) in [5, 5.41) is 0. The second-order valence-electron chi connectivity index (χ2n) is 4.51. The molecule has 0 heterocycles. The molecule has 1 saturated carbocycles. The summed E-state index contributed by atoms with van der Waals surface area (Å²) in [6.07, 6.45) is 1.85. The minimum atomic E-state index is -0.475. The molecule has 1 aliphatic carbocycles. The molecule has 1 aromatic rings. The van der Waals surface area contributed by atoms with Gasteiger partial charge in [-0.2, -0.15) is 0 Å². The van der Waals surface area contributed by atoms with Gasteiger partial charge in [-0.15, -0.1) is 0 Å². The first-order chi connectivity index (χ1) is 6.97. The molecule has 82 valence electrons. The van der Waals surface area contributed by atoms with Gasteiger partial charge in [0.15, 0.2) is 0 Å². The number of rotatable bonds is 2. The van der Waals surface area contributed by atoms with Gasteiger partial charge in [-0.1, -0.05) is 0 Å². The molecule has 0 radical (unpaired) electrons. The highest BCUT2D eigenvalue weighted by Gasteiger charge is 2.47. The molecule has 0 amide bonds. The van der Waals surface area contributed by atoms with E-state index in [1.54, 1.807) is 0 Å². The molecule has 3 heteroatoms. The molecule has 0 spiro atoms. The highest BCUT2D eigenvalue weighted by molar-refractivity contribution is 5.36. The Morgan fingerprint density at radius 3 is 2.07 bits per heavy atom. The topological polar surface area (TPSA) is 26.0 Å². The van der Waals surface area contributed by atoms with Crippen LogP contribution < -0.4 is 5.73 Å². The van der Waals surface area contributed by atoms with Crippen molar-refractivity contribution in [2.45, 2.75) is 38.1 Å². The van der Waals surface area contributed by atoms with Crippen LogP contribution in [0, 0.1) is 18.6 Å². The molecule has 1 fully saturated rings. The fourth-order valence-corrected chi connectivity index (χ4v) is 2.07. The van der Waals surface area contributed by atoms with Gasteiger partial charge in [0.25, 0.3) is 0 Å². The molecule has 1 aromatic carbocycles. The van der Waals surface area contributed by atoms with Gasteiger partial charge in [0.2, 0.25) is 0 Å². The molecule has 0 aliphatic heterocycles. The zero-order chi connectivity index (χ0) is 11.2. The van der Waals surface area contributed by atoms with Crippen molar-refractivity contribution in [3.63, 3.8) is 0 Å². The Balaban J connectivity index is 2.47. The average molecular weight is 211 g/mol. The molecular weight excluding hydrogens is 196 g/mol. The first kappa shape index (κ1) is 10.6. The highest BCUT2D eigenvalue weighted by Crippen LogP contribution is 2.50. The van der Waals surface area contributed by atoms with E-state index in [-0.39, 0.29) is 17.0 Å². The van der Waals surface area contributed by atoms with E-state index >= 15 is 0 Å². The lowest BCUT2D eigenvalue weighted by atomic mass is 9.89. The molecule has 0 aromatic heterocycles. The quantitative estimate of drug-likeness (QED) is 0.799. The van der Waals surface area contributed by atoms with Crippen LogP contribution in [0.15, 0.2) is 12.1 Å². The summed E-state index contributed by atoms with van der Waals surface area (Å²) in [7, 11) is 0. The lowest BCUT2D eigenvalue weighted by Crippen LogP contribution is -2.31. The van der Waals surface area contributed by atoms with Gasteiger partial charge in [-0.25, -0.2) is 8.78 Å². The maximum atomic E-state index is 13.4. The number of hydrogen-bond donors (Lipinski definition) is 1. The highest BCUT2D eigenvalue weighted by atomic mass is 19.1. The van der Waals surface area contributed by atoms with Crippen LogP contribution >= 0.6 is 0 Å². The predicted octanol–water partition coefficient (Wildman–Crippen LogP) is 2.65. The van der Waals surface area contributed by atoms with Gasteiger partial charge in [-0.05, 0) is 44.4 Å². The average Bonchev–Trinajstić information content (AvgIpc) is 2.93. The third-order valence-electron chi connectivity index (χ3n) is 3.52. The zero-order valence-corrected chi connectivity index (χ0v) is 8.98. The molecule has 1 nitrogen and oxygen atoms in total. The Bertz CT molecular complexity index is 372. The van der Waals surface area contributed by atoms with Crippen molar-refractivity contribution in [2.75, 3.05) is 0 Å². The second kappa shape index (κ2) is 3.27. The second-order valence-corrected chi connectivity index (χ2v) is 4.51. The molecule has 0 bridgehead atoms. The smallest absolute Gasteiger partial charge is 0.129 e. The molecule has 0 saturated heterocycles. The van der Waals surface area contributed by atoms with Crippen molar-refractivity contribution in [1.29, 1.82) is 0 Å². The van der Waals surface area contributed by atoms with Gasteiger partial charge < -0.3 is 5.73 Å². The Morgan fingerprint density at radius 1 is 1.27 bits per heavy atom. The summed E-state index contributed by atoms with van der Waals surface area (Å²) in [6.45, 7) is 3.34. The summed E-state index contributed by atoms with van der Waals surface area (Å²) < 4.78 is 26.8. The molecule has 2 N–H and O–H groups in total. The van der Waals surface area contributed by atoms with E-state index in [9.17, 15) is 8.78 Å². The summed E-state index contributed by atoms with van der Waals surface area (Å²) >= 11 is 0. The first-order valence-electron chi connectivity index (χ1n) is 5.19. The van der Waals surface area contributed by atoms with Crippen LogP contribution in [-0.2, 0) is 5.41 Å². The maximum absolute atomic E-state index is 13.4. The summed E-state index contributed by atoms with van der Waals surface area (Å²) in [4.78, 5) is 0. The van der Waals surface area contributed by atoms with Crippen LogP contribution in [0.5, 0.6) is 0 Å². The first-order valence-corrected chi connectivity index (χ1v) is 5.19. The van der Waals surface area contributed by atoms with Gasteiger partial charge in [0.1, 0.15) is 11.6 Å². The zero-order valence-electron chi connectivity index (χ0n) is 8.98. The predicted molar refractivity (Wildman–Crippen MR) is 55.7 cm³/mol. The molecular formula is C12H15F2N. The van der Waals surface area contributed by atoms with Crippen molar-refractivity contribution in [3.05, 3.63) is 34.9 Å². The number of halogens is 2. The summed E-state index contributed by atoms with van der Waals surface area (Å²) in [5.74, 6) is -0.950. The lowest BCUT2D eigenvalue weighted by Gasteiger charge is -2.20. The summed E-state index contributed by atoms with van der Waals surface area (Å²) in [5.41, 5.74) is 6.46. The van der Waals surface area contributed by atoms with Crippen LogP contribution in [0.2, 0.25) is 0 Å². The van der Waals surface area contributed by atoms with Crippen molar-refractivity contribution in [2.24, 2.45) is 5.73 Å². The number of benzene rings is 1. The van der Waals surface area contributed by atoms with Crippen LogP contribution in [0.1, 0.15) is 30.9 Å². The van der Waals surface area contributed by atoms with Crippen LogP contribution in [-0.4, -0.2) is 6.04 Å². The van der Waals surface area contributed by atoms with Crippen LogP contribution in [0.25, 0.3) is 0 Å². The van der Waals surface area contributed by atoms with E-state index in [1.165, 1.54) is 19.1 Å². The monoisotopic (exact) mass is 211 g/mol. The SMILES string of the molecule is Cc1c(F)cc(C2(C(C)N)CC2)cc1F. The van der Waals surface area contributed by atoms with E-state index in [0.717, 1.165) is 12.8 Å². The Morgan fingerprint density at radius 2 is 1.73 bits per heavy atom. The Labute approximate surface area is 88.3 Å². The van der Waals surface area contributed by atoms with Gasteiger partial charge in [0, 0.05) is 17.0 Å². The molecule has 1 aliphatic rings. The molecule has 15 heavy (non-hydrogen) atoms. The summed E-state index contributed by atoms with van der Waals surface area (Å²) in [6, 6.07) is 2.79. The molecule has 1 atom stereocenters. The molecule has 1 unspecified atom stereocenters. The van der Waals surface area contributed by atoms with Crippen molar-refractivity contribution >= 4 is 0 Å². The van der Waals surface area contributed by atoms with Crippen LogP contribution in [0.4, 0.5) is 8.78 Å². The lowest BCUT2D eigenvalue weighted by molar-refractivity contribution is 0.527. The number of nitrogens with two attached hydrogens (primary N) is 1. The van der Waals surface area contributed by atoms with E-state index in [4.69, 9.17) is 5.73 Å². The Kier molecular flexibility index (Phi) is 2.30. The standard InChI is InChI=1S/C12H15F2N/c1-7-10(13)5-9(6-11(7)14)12(3-4-12)8(2)15/h5-6,8H,3-4,15H2,1-2H3. The normalized spacial score (nSPS) is 20.1. The van der Waals surface area contributed by atoms with Crippen molar-refractivity contribution in [3.8, 4) is 0 Å². The van der Waals surface area contributed by atoms with E-state index in [0.29, 0.717) is 5.56 Å². The van der Waals surface area contributed by atoms with Gasteiger partial charge >= 0.3 is 0 Å². The fourth-order valence-electron chi connectivity index (χ4n) is 2.07. The van der Waals surface area contributed by atoms with E-state index < -0.39 is 11.6 Å². The van der Waals surface area contributed by atoms with Crippen LogP contribution in [0.3, 0.4) is 0 Å². The minimum Gasteiger partial charge on any atom is -0.327 e. The van der Waals surface area contributed by atoms with Gasteiger partial charge in [0.05, 0.1) is 0 Å².